The molecule has 0 spiro atoms. The number of anilines is 1. The maximum Gasteiger partial charge on any atom is 0.174 e. The smallest absolute Gasteiger partial charge is 0.174 e. The summed E-state index contributed by atoms with van der Waals surface area (Å²) in [6.45, 7) is 1.89. The third-order valence-corrected chi connectivity index (χ3v) is 2.84. The van der Waals surface area contributed by atoms with E-state index in [2.05, 4.69) is 10.1 Å². The lowest BCUT2D eigenvalue weighted by Gasteiger charge is -2.02. The summed E-state index contributed by atoms with van der Waals surface area (Å²) in [4.78, 5) is 4.38. The highest BCUT2D eigenvalue weighted by Crippen LogP contribution is 2.31. The van der Waals surface area contributed by atoms with E-state index < -0.39 is 0 Å². The molecule has 2 N–H and O–H groups in total. The molecular weight excluding hydrogens is 214 g/mol. The first-order valence-corrected chi connectivity index (χ1v) is 5.33. The lowest BCUT2D eigenvalue weighted by Crippen LogP contribution is -1.87. The van der Waals surface area contributed by atoms with Gasteiger partial charge in [0.25, 0.3) is 0 Å². The number of nitrogens with zero attached hydrogens (tertiary/aromatic N) is 2. The van der Waals surface area contributed by atoms with Gasteiger partial charge in [-0.15, -0.1) is 0 Å². The fourth-order valence-electron chi connectivity index (χ4n) is 1.89. The average molecular weight is 225 g/mol. The van der Waals surface area contributed by atoms with Gasteiger partial charge in [0, 0.05) is 22.7 Å². The molecule has 17 heavy (non-hydrogen) atoms. The van der Waals surface area contributed by atoms with Gasteiger partial charge in [0.2, 0.25) is 0 Å². The van der Waals surface area contributed by atoms with Gasteiger partial charge in [0.1, 0.15) is 0 Å². The van der Waals surface area contributed by atoms with Crippen LogP contribution in [0.15, 0.2) is 41.1 Å². The minimum Gasteiger partial charge on any atom is -0.381 e. The van der Waals surface area contributed by atoms with E-state index in [1.54, 1.807) is 6.20 Å². The number of nitrogens with two attached hydrogens (primary N) is 1. The molecule has 3 rings (SSSR count). The van der Waals surface area contributed by atoms with Gasteiger partial charge in [-0.3, -0.25) is 4.98 Å². The summed E-state index contributed by atoms with van der Waals surface area (Å²) in [6, 6.07) is 9.87. The lowest BCUT2D eigenvalue weighted by atomic mass is 10.1. The van der Waals surface area contributed by atoms with E-state index >= 15 is 0 Å². The van der Waals surface area contributed by atoms with Crippen LogP contribution in [0, 0.1) is 6.92 Å². The monoisotopic (exact) mass is 225 g/mol. The standard InChI is InChI=1S/C13H11N3O/c1-8-12(17-16-13(8)14)10-6-2-4-9-5-3-7-15-11(9)10/h2-7H,1H3,(H2,14,16). The van der Waals surface area contributed by atoms with Crippen LogP contribution in [0.25, 0.3) is 22.2 Å². The normalized spacial score (nSPS) is 10.9. The Hall–Kier alpha value is -2.36. The second-order valence-electron chi connectivity index (χ2n) is 3.90. The number of pyridine rings is 1. The van der Waals surface area contributed by atoms with Gasteiger partial charge in [-0.25, -0.2) is 0 Å². The van der Waals surface area contributed by atoms with E-state index in [1.165, 1.54) is 0 Å². The molecule has 0 amide bonds. The van der Waals surface area contributed by atoms with Crippen LogP contribution in [0.4, 0.5) is 5.82 Å². The zero-order chi connectivity index (χ0) is 11.8. The summed E-state index contributed by atoms with van der Waals surface area (Å²) >= 11 is 0. The predicted molar refractivity (Wildman–Crippen MR) is 66.4 cm³/mol. The molecule has 84 valence electrons. The molecule has 0 bridgehead atoms. The van der Waals surface area contributed by atoms with Gasteiger partial charge >= 0.3 is 0 Å². The minimum absolute atomic E-state index is 0.424. The van der Waals surface area contributed by atoms with Crippen molar-refractivity contribution in [2.75, 3.05) is 5.73 Å². The number of hydrogen-bond donors (Lipinski definition) is 1. The van der Waals surface area contributed by atoms with E-state index in [4.69, 9.17) is 10.3 Å². The molecule has 2 aromatic heterocycles. The quantitative estimate of drug-likeness (QED) is 0.691. The summed E-state index contributed by atoms with van der Waals surface area (Å²) in [7, 11) is 0. The van der Waals surface area contributed by atoms with Crippen LogP contribution in [-0.4, -0.2) is 10.1 Å². The predicted octanol–water partition coefficient (Wildman–Crippen LogP) is 2.78. The van der Waals surface area contributed by atoms with Crippen LogP contribution >= 0.6 is 0 Å². The maximum atomic E-state index is 5.70. The molecule has 3 aromatic rings. The Morgan fingerprint density at radius 2 is 2.00 bits per heavy atom. The van der Waals surface area contributed by atoms with Gasteiger partial charge in [0.15, 0.2) is 11.6 Å². The van der Waals surface area contributed by atoms with Gasteiger partial charge in [-0.2, -0.15) is 0 Å². The number of para-hydroxylation sites is 1. The minimum atomic E-state index is 0.424. The fourth-order valence-corrected chi connectivity index (χ4v) is 1.89. The zero-order valence-corrected chi connectivity index (χ0v) is 9.34. The average Bonchev–Trinajstić information content (AvgIpc) is 2.69. The molecule has 4 nitrogen and oxygen atoms in total. The molecule has 0 saturated heterocycles. The van der Waals surface area contributed by atoms with Crippen LogP contribution in [0.1, 0.15) is 5.56 Å². The van der Waals surface area contributed by atoms with Crippen molar-refractivity contribution in [3.8, 4) is 11.3 Å². The van der Waals surface area contributed by atoms with Crippen molar-refractivity contribution in [1.82, 2.24) is 10.1 Å². The van der Waals surface area contributed by atoms with E-state index in [-0.39, 0.29) is 0 Å². The number of benzene rings is 1. The van der Waals surface area contributed by atoms with Crippen LogP contribution in [0.2, 0.25) is 0 Å². The number of aromatic nitrogens is 2. The van der Waals surface area contributed by atoms with Crippen molar-refractivity contribution < 1.29 is 4.52 Å². The van der Waals surface area contributed by atoms with Gasteiger partial charge in [0.05, 0.1) is 5.52 Å². The van der Waals surface area contributed by atoms with Crippen LogP contribution in [0.3, 0.4) is 0 Å². The van der Waals surface area contributed by atoms with Crippen LogP contribution < -0.4 is 5.73 Å². The SMILES string of the molecule is Cc1c(N)noc1-c1cccc2cccnc12. The second-order valence-corrected chi connectivity index (χ2v) is 3.90. The van der Waals surface area contributed by atoms with Crippen LogP contribution in [0.5, 0.6) is 0 Å². The maximum absolute atomic E-state index is 5.70. The summed E-state index contributed by atoms with van der Waals surface area (Å²) in [5, 5.41) is 4.84. The van der Waals surface area contributed by atoms with Crippen molar-refractivity contribution in [3.63, 3.8) is 0 Å². The highest BCUT2D eigenvalue weighted by Gasteiger charge is 2.14. The van der Waals surface area contributed by atoms with Crippen molar-refractivity contribution >= 4 is 16.7 Å². The molecule has 0 aliphatic rings. The van der Waals surface area contributed by atoms with E-state index in [9.17, 15) is 0 Å². The molecule has 0 aliphatic heterocycles. The number of hydrogen-bond acceptors (Lipinski definition) is 4. The number of nitrogen functional groups attached to an aromatic ring is 1. The first-order valence-electron chi connectivity index (χ1n) is 5.33. The van der Waals surface area contributed by atoms with Crippen LogP contribution in [-0.2, 0) is 0 Å². The molecule has 2 heterocycles. The van der Waals surface area contributed by atoms with E-state index in [1.807, 2.05) is 37.3 Å². The topological polar surface area (TPSA) is 64.9 Å². The molecule has 0 fully saturated rings. The molecule has 1 aromatic carbocycles. The number of fused-ring (bicyclic) bond motifs is 1. The largest absolute Gasteiger partial charge is 0.381 e. The summed E-state index contributed by atoms with van der Waals surface area (Å²) in [6.07, 6.45) is 1.76. The number of rotatable bonds is 1. The van der Waals surface area contributed by atoms with Crippen molar-refractivity contribution in [1.29, 1.82) is 0 Å². The van der Waals surface area contributed by atoms with Gasteiger partial charge < -0.3 is 10.3 Å². The highest BCUT2D eigenvalue weighted by atomic mass is 16.5. The molecule has 4 heteroatoms. The Morgan fingerprint density at radius 1 is 1.18 bits per heavy atom. The molecule has 0 saturated carbocycles. The highest BCUT2D eigenvalue weighted by molar-refractivity contribution is 5.93. The first-order chi connectivity index (χ1) is 8.27. The Kier molecular flexibility index (Phi) is 2.08. The molecular formula is C13H11N3O. The van der Waals surface area contributed by atoms with Crippen molar-refractivity contribution in [2.45, 2.75) is 6.92 Å². The summed E-state index contributed by atoms with van der Waals surface area (Å²) in [5.74, 6) is 1.11. The molecule has 0 radical (unpaired) electrons. The molecule has 0 aliphatic carbocycles. The van der Waals surface area contributed by atoms with Gasteiger partial charge in [-0.1, -0.05) is 23.4 Å². The zero-order valence-electron chi connectivity index (χ0n) is 9.34. The Bertz CT molecular complexity index is 683. The Morgan fingerprint density at radius 3 is 2.76 bits per heavy atom. The third kappa shape index (κ3) is 1.45. The fraction of sp³-hybridized carbons (Fsp3) is 0.0769. The van der Waals surface area contributed by atoms with E-state index in [0.29, 0.717) is 11.6 Å². The Labute approximate surface area is 98.1 Å². The first kappa shape index (κ1) is 9.84. The summed E-state index contributed by atoms with van der Waals surface area (Å²) < 4.78 is 5.27. The van der Waals surface area contributed by atoms with Crippen molar-refractivity contribution in [2.24, 2.45) is 0 Å². The summed E-state index contributed by atoms with van der Waals surface area (Å²) in [5.41, 5.74) is 8.37. The lowest BCUT2D eigenvalue weighted by molar-refractivity contribution is 0.435. The van der Waals surface area contributed by atoms with Gasteiger partial charge in [-0.05, 0) is 19.1 Å². The van der Waals surface area contributed by atoms with Crippen molar-refractivity contribution in [3.05, 3.63) is 42.1 Å². The molecule has 0 atom stereocenters. The third-order valence-electron chi connectivity index (χ3n) is 2.84. The van der Waals surface area contributed by atoms with E-state index in [0.717, 1.165) is 22.0 Å². The second kappa shape index (κ2) is 3.59. The Balaban J connectivity index is 2.34. The molecule has 0 unspecified atom stereocenters.